The second-order valence-electron chi connectivity index (χ2n) is 11.6. The van der Waals surface area contributed by atoms with Crippen molar-refractivity contribution in [2.24, 2.45) is 0 Å². The summed E-state index contributed by atoms with van der Waals surface area (Å²) in [6.45, 7) is 4.43. The van der Waals surface area contributed by atoms with Crippen LogP contribution in [0.4, 0.5) is 25.4 Å². The third-order valence-electron chi connectivity index (χ3n) is 8.59. The van der Waals surface area contributed by atoms with Gasteiger partial charge in [-0.15, -0.1) is 0 Å². The van der Waals surface area contributed by atoms with E-state index in [0.29, 0.717) is 45.2 Å². The van der Waals surface area contributed by atoms with Crippen LogP contribution in [0.25, 0.3) is 10.9 Å². The lowest BCUT2D eigenvalue weighted by Gasteiger charge is -2.40. The van der Waals surface area contributed by atoms with E-state index in [1.54, 1.807) is 60.2 Å². The van der Waals surface area contributed by atoms with Crippen LogP contribution in [0, 0.1) is 5.82 Å². The van der Waals surface area contributed by atoms with E-state index in [1.807, 2.05) is 0 Å². The van der Waals surface area contributed by atoms with Gasteiger partial charge in [-0.1, -0.05) is 18.5 Å². The molecule has 1 aliphatic rings. The number of fused-ring (bicyclic) bond motifs is 1. The van der Waals surface area contributed by atoms with Crippen molar-refractivity contribution in [3.63, 3.8) is 0 Å². The maximum Gasteiger partial charge on any atom is 0.407 e. The summed E-state index contributed by atoms with van der Waals surface area (Å²) in [6.07, 6.45) is -0.347. The number of piperazine rings is 1. The van der Waals surface area contributed by atoms with E-state index in [1.165, 1.54) is 55.2 Å². The number of hydrogen-bond donors (Lipinski definition) is 2. The number of carbonyl (C=O) groups is 3. The lowest BCUT2D eigenvalue weighted by Crippen LogP contribution is -2.59. The topological polar surface area (TPSA) is 148 Å². The highest BCUT2D eigenvalue weighted by atomic mass is 35.5. The molecule has 16 heteroatoms. The molecule has 0 radical (unpaired) electrons. The van der Waals surface area contributed by atoms with Crippen LogP contribution >= 0.6 is 11.6 Å². The molecule has 0 spiro atoms. The molecule has 1 fully saturated rings. The first-order valence-corrected chi connectivity index (χ1v) is 16.6. The Morgan fingerprint density at radius 2 is 1.71 bits per heavy atom. The van der Waals surface area contributed by atoms with E-state index < -0.39 is 35.6 Å². The number of hydrogen-bond acceptors (Lipinski definition) is 9. The number of ether oxygens (including phenoxy) is 3. The highest BCUT2D eigenvalue weighted by Crippen LogP contribution is 2.37. The van der Waals surface area contributed by atoms with Gasteiger partial charge in [0.25, 0.3) is 5.56 Å². The first kappa shape index (κ1) is 36.7. The molecule has 0 bridgehead atoms. The average Bonchev–Trinajstić information content (AvgIpc) is 3.14. The molecule has 0 saturated carbocycles. The van der Waals surface area contributed by atoms with Crippen LogP contribution in [0.15, 0.2) is 65.5 Å². The third kappa shape index (κ3) is 7.93. The number of nitrogens with one attached hydrogen (secondary N) is 2. The Kier molecular flexibility index (Phi) is 11.5. The number of amides is 4. The molecular formula is C35H43ClFN7O7. The van der Waals surface area contributed by atoms with Gasteiger partial charge in [-0.05, 0) is 67.9 Å². The van der Waals surface area contributed by atoms with Crippen molar-refractivity contribution in [3.8, 4) is 11.5 Å². The third-order valence-corrected chi connectivity index (χ3v) is 8.83. The Morgan fingerprint density at radius 1 is 1.00 bits per heavy atom. The summed E-state index contributed by atoms with van der Waals surface area (Å²) in [4.78, 5) is 61.7. The van der Waals surface area contributed by atoms with E-state index in [-0.39, 0.29) is 40.8 Å². The predicted molar refractivity (Wildman–Crippen MR) is 195 cm³/mol. The van der Waals surface area contributed by atoms with Gasteiger partial charge in [0.2, 0.25) is 5.91 Å². The molecule has 3 aromatic carbocycles. The van der Waals surface area contributed by atoms with Crippen molar-refractivity contribution in [1.82, 2.24) is 19.9 Å². The van der Waals surface area contributed by atoms with Gasteiger partial charge in [0, 0.05) is 32.7 Å². The largest absolute Gasteiger partial charge is 0.497 e. The fraction of sp³-hybridized carbons (Fsp3) is 0.343. The van der Waals surface area contributed by atoms with Gasteiger partial charge in [0.1, 0.15) is 23.4 Å². The minimum Gasteiger partial charge on any atom is -0.497 e. The second-order valence-corrected chi connectivity index (χ2v) is 12.1. The smallest absolute Gasteiger partial charge is 0.407 e. The molecule has 2 atom stereocenters. The number of aromatic nitrogens is 2. The summed E-state index contributed by atoms with van der Waals surface area (Å²) < 4.78 is 30.9. The van der Waals surface area contributed by atoms with Crippen LogP contribution < -0.4 is 35.6 Å². The molecule has 1 aliphatic heterocycles. The van der Waals surface area contributed by atoms with E-state index >= 15 is 0 Å². The van der Waals surface area contributed by atoms with Crippen LogP contribution in [0.2, 0.25) is 5.02 Å². The Labute approximate surface area is 301 Å². The Hall–Kier alpha value is -5.57. The molecule has 51 heavy (non-hydrogen) atoms. The van der Waals surface area contributed by atoms with Gasteiger partial charge < -0.3 is 34.8 Å². The minimum atomic E-state index is -0.933. The summed E-state index contributed by atoms with van der Waals surface area (Å²) in [6, 6.07) is 12.7. The zero-order valence-corrected chi connectivity index (χ0v) is 29.6. The molecule has 4 aromatic rings. The van der Waals surface area contributed by atoms with Gasteiger partial charge >= 0.3 is 12.1 Å². The molecule has 14 nitrogen and oxygen atoms in total. The molecule has 0 aliphatic carbocycles. The summed E-state index contributed by atoms with van der Waals surface area (Å²) >= 11 is 6.33. The molecule has 5 rings (SSSR count). The Balaban J connectivity index is 0.00000378. The summed E-state index contributed by atoms with van der Waals surface area (Å²) in [7, 11) is 4.19. The minimum absolute atomic E-state index is 0. The number of methoxy groups -OCH3 is 3. The highest BCUT2D eigenvalue weighted by Gasteiger charge is 2.34. The van der Waals surface area contributed by atoms with Gasteiger partial charge in [-0.2, -0.15) is 0 Å². The lowest BCUT2D eigenvalue weighted by molar-refractivity contribution is -0.133. The molecular weight excluding hydrogens is 685 g/mol. The standard InChI is InChI=1S/C35H39ClFN7O7.2H2/c1-6-27(40-35(48)51-5)33(46)41-15-17-42(18-16-41)44-31(39-28-19-22(36)7-13-26(28)32(44)45)21(2)43(29-14-12-25(49-3)20-30(29)50-4)34(47)38-24-10-8-23(37)9-11-24;;/h7-14,19-21,27H,6,15-18H2,1-5H3,(H,38,47)(H,40,48);2*1H/t21?,27-;;/m0../s1. The molecule has 4 amide bonds. The Bertz CT molecular complexity index is 1980. The van der Waals surface area contributed by atoms with Crippen LogP contribution in [0.5, 0.6) is 11.5 Å². The maximum atomic E-state index is 14.3. The summed E-state index contributed by atoms with van der Waals surface area (Å²) in [5.41, 5.74) is 0.573. The van der Waals surface area contributed by atoms with Crippen molar-refractivity contribution in [1.29, 1.82) is 0 Å². The molecule has 274 valence electrons. The van der Waals surface area contributed by atoms with Crippen molar-refractivity contribution >= 4 is 51.9 Å². The fourth-order valence-electron chi connectivity index (χ4n) is 5.90. The lowest BCUT2D eigenvalue weighted by atomic mass is 10.1. The van der Waals surface area contributed by atoms with Crippen LogP contribution in [0.3, 0.4) is 0 Å². The maximum absolute atomic E-state index is 14.3. The van der Waals surface area contributed by atoms with Crippen LogP contribution in [-0.4, -0.2) is 86.1 Å². The summed E-state index contributed by atoms with van der Waals surface area (Å²) in [5.74, 6) is 0.235. The monoisotopic (exact) mass is 727 g/mol. The summed E-state index contributed by atoms with van der Waals surface area (Å²) in [5, 5.41) is 7.82. The van der Waals surface area contributed by atoms with Crippen molar-refractivity contribution in [2.45, 2.75) is 32.4 Å². The number of anilines is 2. The predicted octanol–water partition coefficient (Wildman–Crippen LogP) is 5.41. The van der Waals surface area contributed by atoms with Crippen molar-refractivity contribution < 1.29 is 35.8 Å². The molecule has 1 unspecified atom stereocenters. The number of alkyl carbamates (subject to hydrolysis) is 1. The van der Waals surface area contributed by atoms with Gasteiger partial charge in [0.15, 0.2) is 5.82 Å². The first-order chi connectivity index (χ1) is 24.5. The molecule has 1 aromatic heterocycles. The molecule has 2 heterocycles. The van der Waals surface area contributed by atoms with Crippen molar-refractivity contribution in [3.05, 3.63) is 87.7 Å². The molecule has 2 N–H and O–H groups in total. The van der Waals surface area contributed by atoms with Gasteiger partial charge in [-0.3, -0.25) is 14.5 Å². The number of carbonyl (C=O) groups excluding carboxylic acids is 3. The van der Waals surface area contributed by atoms with E-state index in [0.717, 1.165) is 0 Å². The van der Waals surface area contributed by atoms with Crippen LogP contribution in [0.1, 0.15) is 35.0 Å². The van der Waals surface area contributed by atoms with Crippen LogP contribution in [-0.2, 0) is 9.53 Å². The number of benzene rings is 3. The Morgan fingerprint density at radius 3 is 2.33 bits per heavy atom. The van der Waals surface area contributed by atoms with Gasteiger partial charge in [0.05, 0.1) is 57.1 Å². The van der Waals surface area contributed by atoms with E-state index in [9.17, 15) is 23.6 Å². The van der Waals surface area contributed by atoms with E-state index in [2.05, 4.69) is 15.4 Å². The first-order valence-electron chi connectivity index (χ1n) is 16.2. The zero-order chi connectivity index (χ0) is 36.8. The second kappa shape index (κ2) is 16.0. The van der Waals surface area contributed by atoms with Crippen molar-refractivity contribution in [2.75, 3.05) is 62.7 Å². The average molecular weight is 728 g/mol. The fourth-order valence-corrected chi connectivity index (χ4v) is 6.06. The van der Waals surface area contributed by atoms with E-state index in [4.69, 9.17) is 26.1 Å². The number of urea groups is 1. The zero-order valence-electron chi connectivity index (χ0n) is 28.8. The normalized spacial score (nSPS) is 14.0. The molecule has 1 saturated heterocycles. The number of halogens is 2. The number of nitrogens with zero attached hydrogens (tertiary/aromatic N) is 5. The number of rotatable bonds is 10. The SMILES string of the molecule is CC[C@H](NC(=O)OC)C(=O)N1CCN(n2c(C(C)N(C(=O)Nc3ccc(F)cc3)c3ccc(OC)cc3OC)nc3cc(Cl)ccc3c2=O)CC1.[HH].[HH]. The highest BCUT2D eigenvalue weighted by molar-refractivity contribution is 6.31. The van der Waals surface area contributed by atoms with Gasteiger partial charge in [-0.25, -0.2) is 23.6 Å². The quantitative estimate of drug-likeness (QED) is 0.219.